The van der Waals surface area contributed by atoms with Gasteiger partial charge in [-0.05, 0) is 58.5 Å². The summed E-state index contributed by atoms with van der Waals surface area (Å²) >= 11 is 0. The molecular formula is C35H28N4O6. The third-order valence-corrected chi connectivity index (χ3v) is 9.23. The first kappa shape index (κ1) is 28.1. The molecule has 1 N–H and O–H groups in total. The van der Waals surface area contributed by atoms with Crippen LogP contribution < -0.4 is 15.1 Å². The Labute approximate surface area is 258 Å². The third-order valence-electron chi connectivity index (χ3n) is 9.23. The highest BCUT2D eigenvalue weighted by Gasteiger charge is 2.68. The number of rotatable bonds is 7. The second kappa shape index (κ2) is 10.5. The Hall–Kier alpha value is -5.64. The molecule has 0 unspecified atom stereocenters. The molecule has 1 fully saturated rings. The van der Waals surface area contributed by atoms with E-state index in [1.54, 1.807) is 50.6 Å². The highest BCUT2D eigenvalue weighted by molar-refractivity contribution is 6.25. The summed E-state index contributed by atoms with van der Waals surface area (Å²) in [5.74, 6) is -2.92. The second-order valence-electron chi connectivity index (χ2n) is 11.6. The number of carbonyl (C=O) groups excluding carboxylic acids is 3. The maximum Gasteiger partial charge on any atom is 0.293 e. The van der Waals surface area contributed by atoms with Crippen molar-refractivity contribution in [2.24, 2.45) is 16.9 Å². The van der Waals surface area contributed by atoms with Crippen LogP contribution in [0.15, 0.2) is 96.1 Å². The van der Waals surface area contributed by atoms with Crippen molar-refractivity contribution in [2.45, 2.75) is 24.7 Å². The molecule has 0 spiro atoms. The topological polar surface area (TPSA) is 131 Å². The molecule has 4 aliphatic rings. The molecule has 1 aliphatic heterocycles. The average molecular weight is 601 g/mol. The van der Waals surface area contributed by atoms with E-state index < -0.39 is 39.9 Å². The van der Waals surface area contributed by atoms with Gasteiger partial charge in [-0.3, -0.25) is 24.5 Å². The number of hydrogen-bond acceptors (Lipinski definition) is 7. The summed E-state index contributed by atoms with van der Waals surface area (Å²) in [4.78, 5) is 54.3. The number of benzene rings is 4. The first-order valence-electron chi connectivity index (χ1n) is 14.5. The van der Waals surface area contributed by atoms with E-state index in [0.717, 1.165) is 32.7 Å². The Balaban J connectivity index is 1.34. The Bertz CT molecular complexity index is 1890. The zero-order chi connectivity index (χ0) is 31.5. The SMILES string of the molecule is COc1ccc(CC(=O)N/N=C\C23c4ccccc4C(c4ccccc42)[C@H]2C(=O)N(c4ccc(C)cc4[N+](=O)[O-])C(=O)[C@@H]23)cc1. The lowest BCUT2D eigenvalue weighted by molar-refractivity contribution is -0.384. The fourth-order valence-electron chi connectivity index (χ4n) is 7.43. The molecule has 45 heavy (non-hydrogen) atoms. The number of imide groups is 1. The quantitative estimate of drug-likeness (QED) is 0.140. The van der Waals surface area contributed by atoms with Crippen molar-refractivity contribution >= 4 is 35.3 Å². The van der Waals surface area contributed by atoms with Crippen molar-refractivity contribution < 1.29 is 24.0 Å². The number of nitro benzene ring substituents is 1. The predicted octanol–water partition coefficient (Wildman–Crippen LogP) is 4.81. The molecule has 0 radical (unpaired) electrons. The molecule has 4 aromatic rings. The van der Waals surface area contributed by atoms with E-state index in [9.17, 15) is 24.5 Å². The van der Waals surface area contributed by atoms with Gasteiger partial charge in [0.1, 0.15) is 11.4 Å². The summed E-state index contributed by atoms with van der Waals surface area (Å²) in [5, 5.41) is 16.5. The van der Waals surface area contributed by atoms with Crippen molar-refractivity contribution in [1.29, 1.82) is 0 Å². The number of amides is 3. The minimum atomic E-state index is -1.22. The molecule has 3 aliphatic carbocycles. The van der Waals surface area contributed by atoms with Gasteiger partial charge in [0.25, 0.3) is 5.69 Å². The lowest BCUT2D eigenvalue weighted by atomic mass is 9.47. The lowest BCUT2D eigenvalue weighted by Crippen LogP contribution is -2.54. The number of methoxy groups -OCH3 is 1. The molecule has 10 heteroatoms. The number of aryl methyl sites for hydroxylation is 1. The number of ether oxygens (including phenoxy) is 1. The number of carbonyl (C=O) groups is 3. The molecule has 2 bridgehead atoms. The Morgan fingerprint density at radius 2 is 1.62 bits per heavy atom. The van der Waals surface area contributed by atoms with Crippen molar-refractivity contribution in [3.63, 3.8) is 0 Å². The first-order chi connectivity index (χ1) is 21.8. The number of hydrazone groups is 1. The van der Waals surface area contributed by atoms with Gasteiger partial charge < -0.3 is 4.74 Å². The summed E-state index contributed by atoms with van der Waals surface area (Å²) in [6.45, 7) is 1.71. The fourth-order valence-corrected chi connectivity index (χ4v) is 7.43. The number of nitrogens with zero attached hydrogens (tertiary/aromatic N) is 3. The monoisotopic (exact) mass is 600 g/mol. The van der Waals surface area contributed by atoms with Crippen LogP contribution in [0.2, 0.25) is 0 Å². The van der Waals surface area contributed by atoms with E-state index in [2.05, 4.69) is 10.5 Å². The van der Waals surface area contributed by atoms with Crippen LogP contribution in [0.25, 0.3) is 0 Å². The maximum absolute atomic E-state index is 14.5. The van der Waals surface area contributed by atoms with Gasteiger partial charge in [-0.2, -0.15) is 5.10 Å². The van der Waals surface area contributed by atoms with Gasteiger partial charge in [0.05, 0.1) is 35.7 Å². The van der Waals surface area contributed by atoms with Crippen LogP contribution >= 0.6 is 0 Å². The van der Waals surface area contributed by atoms with Crippen LogP contribution in [-0.4, -0.2) is 36.0 Å². The van der Waals surface area contributed by atoms with Crippen LogP contribution in [0.3, 0.4) is 0 Å². The largest absolute Gasteiger partial charge is 0.497 e. The van der Waals surface area contributed by atoms with Crippen LogP contribution in [0.1, 0.15) is 39.3 Å². The zero-order valence-electron chi connectivity index (χ0n) is 24.5. The van der Waals surface area contributed by atoms with E-state index in [-0.39, 0.29) is 23.7 Å². The highest BCUT2D eigenvalue weighted by atomic mass is 16.6. The molecule has 2 atom stereocenters. The molecule has 8 rings (SSSR count). The highest BCUT2D eigenvalue weighted by Crippen LogP contribution is 2.64. The Morgan fingerprint density at radius 1 is 0.978 bits per heavy atom. The molecule has 3 amide bonds. The van der Waals surface area contributed by atoms with Crippen molar-refractivity contribution in [3.05, 3.63) is 134 Å². The van der Waals surface area contributed by atoms with Crippen molar-refractivity contribution in [2.75, 3.05) is 12.0 Å². The summed E-state index contributed by atoms with van der Waals surface area (Å²) in [5.41, 5.74) is 5.82. The Kier molecular flexibility index (Phi) is 6.58. The van der Waals surface area contributed by atoms with Gasteiger partial charge in [-0.1, -0.05) is 66.7 Å². The fraction of sp³-hybridized carbons (Fsp3) is 0.200. The second-order valence-corrected chi connectivity index (χ2v) is 11.6. The van der Waals surface area contributed by atoms with Gasteiger partial charge in [-0.25, -0.2) is 10.3 Å². The molecule has 0 saturated carbocycles. The van der Waals surface area contributed by atoms with Gasteiger partial charge in [0.2, 0.25) is 17.7 Å². The van der Waals surface area contributed by atoms with Crippen molar-refractivity contribution in [1.82, 2.24) is 5.43 Å². The van der Waals surface area contributed by atoms with E-state index in [4.69, 9.17) is 4.74 Å². The molecule has 4 aromatic carbocycles. The van der Waals surface area contributed by atoms with E-state index in [1.807, 2.05) is 48.5 Å². The van der Waals surface area contributed by atoms with E-state index in [0.29, 0.717) is 11.3 Å². The molecule has 224 valence electrons. The first-order valence-corrected chi connectivity index (χ1v) is 14.5. The normalized spacial score (nSPS) is 22.6. The van der Waals surface area contributed by atoms with Gasteiger partial charge >= 0.3 is 0 Å². The van der Waals surface area contributed by atoms with Gasteiger partial charge in [0, 0.05) is 18.2 Å². The summed E-state index contributed by atoms with van der Waals surface area (Å²) in [6.07, 6.45) is 1.64. The third kappa shape index (κ3) is 4.16. The number of nitro groups is 1. The summed E-state index contributed by atoms with van der Waals surface area (Å²) in [7, 11) is 1.57. The summed E-state index contributed by atoms with van der Waals surface area (Å²) < 4.78 is 5.19. The smallest absolute Gasteiger partial charge is 0.293 e. The van der Waals surface area contributed by atoms with Crippen LogP contribution in [-0.2, 0) is 26.2 Å². The standard InChI is InChI=1S/C35H28N4O6/c1-20-11-16-27(28(17-20)39(43)44)38-33(41)31-30-23-7-3-5-9-25(23)35(32(31)34(38)42,26-10-6-4-8-24(26)30)19-36-37-29(40)18-21-12-14-22(45-2)15-13-21/h3-17,19,30-32H,18H2,1-2H3,(H,37,40)/b36-19-/t30?,31-,32-,35?/m1/s1. The maximum atomic E-state index is 14.5. The molecule has 0 aromatic heterocycles. The molecule has 10 nitrogen and oxygen atoms in total. The Morgan fingerprint density at radius 3 is 2.24 bits per heavy atom. The lowest BCUT2D eigenvalue weighted by Gasteiger charge is -2.52. The van der Waals surface area contributed by atoms with E-state index >= 15 is 0 Å². The average Bonchev–Trinajstić information content (AvgIpc) is 3.32. The van der Waals surface area contributed by atoms with Crippen LogP contribution in [0, 0.1) is 28.9 Å². The van der Waals surface area contributed by atoms with E-state index in [1.165, 1.54) is 12.1 Å². The minimum absolute atomic E-state index is 0.0533. The van der Waals surface area contributed by atoms with Crippen LogP contribution in [0.4, 0.5) is 11.4 Å². The number of anilines is 1. The van der Waals surface area contributed by atoms with Gasteiger partial charge in [-0.15, -0.1) is 0 Å². The van der Waals surface area contributed by atoms with Gasteiger partial charge in [0.15, 0.2) is 0 Å². The number of nitrogens with one attached hydrogen (secondary N) is 1. The number of hydrogen-bond donors (Lipinski definition) is 1. The molecule has 1 heterocycles. The zero-order valence-corrected chi connectivity index (χ0v) is 24.5. The summed E-state index contributed by atoms with van der Waals surface area (Å²) in [6, 6.07) is 26.9. The van der Waals surface area contributed by atoms with Crippen molar-refractivity contribution in [3.8, 4) is 5.75 Å². The molecular weight excluding hydrogens is 572 g/mol. The molecule has 1 saturated heterocycles. The van der Waals surface area contributed by atoms with Crippen LogP contribution in [0.5, 0.6) is 5.75 Å². The minimum Gasteiger partial charge on any atom is -0.497 e. The predicted molar refractivity (Wildman–Crippen MR) is 166 cm³/mol.